The van der Waals surface area contributed by atoms with Crippen LogP contribution in [0, 0.1) is 0 Å². The van der Waals surface area contributed by atoms with Crippen LogP contribution in [-0.2, 0) is 9.53 Å². The SMILES string of the molecule is O=C1c2ccccc2C(=O)N1C[C@H](CO)Nc1ccc(N2CCOCC2=O)cc1. The number of morpholine rings is 1. The van der Waals surface area contributed by atoms with Crippen molar-refractivity contribution in [2.24, 2.45) is 0 Å². The van der Waals surface area contributed by atoms with E-state index in [1.807, 2.05) is 12.1 Å². The highest BCUT2D eigenvalue weighted by Gasteiger charge is 2.36. The van der Waals surface area contributed by atoms with Gasteiger partial charge in [0, 0.05) is 17.9 Å². The first-order valence-electron chi connectivity index (χ1n) is 9.39. The van der Waals surface area contributed by atoms with E-state index in [4.69, 9.17) is 4.74 Å². The van der Waals surface area contributed by atoms with E-state index in [9.17, 15) is 19.5 Å². The van der Waals surface area contributed by atoms with Crippen LogP contribution >= 0.6 is 0 Å². The minimum Gasteiger partial charge on any atom is -0.394 e. The maximum Gasteiger partial charge on any atom is 0.261 e. The molecule has 3 amide bonds. The minimum absolute atomic E-state index is 0.0482. The van der Waals surface area contributed by atoms with Crippen LogP contribution in [0.5, 0.6) is 0 Å². The van der Waals surface area contributed by atoms with E-state index < -0.39 is 6.04 Å². The number of nitrogens with one attached hydrogen (secondary N) is 1. The van der Waals surface area contributed by atoms with Crippen molar-refractivity contribution in [1.82, 2.24) is 4.90 Å². The number of imide groups is 1. The summed E-state index contributed by atoms with van der Waals surface area (Å²) in [5, 5.41) is 12.9. The van der Waals surface area contributed by atoms with Gasteiger partial charge >= 0.3 is 0 Å². The number of aliphatic hydroxyl groups is 1. The maximum atomic E-state index is 12.5. The van der Waals surface area contributed by atoms with Gasteiger partial charge < -0.3 is 20.1 Å². The van der Waals surface area contributed by atoms with Gasteiger partial charge in [0.15, 0.2) is 0 Å². The Morgan fingerprint density at radius 1 is 1.00 bits per heavy atom. The Morgan fingerprint density at radius 3 is 2.24 bits per heavy atom. The standard InChI is InChI=1S/C21H21N3O5/c25-12-15(11-24-20(27)17-3-1-2-4-18(17)21(24)28)22-14-5-7-16(8-6-14)23-9-10-29-13-19(23)26/h1-8,15,22,25H,9-13H2/t15-/m1/s1. The van der Waals surface area contributed by atoms with Crippen molar-refractivity contribution in [3.8, 4) is 0 Å². The van der Waals surface area contributed by atoms with Gasteiger partial charge in [0.2, 0.25) is 0 Å². The monoisotopic (exact) mass is 395 g/mol. The number of carbonyl (C=O) groups is 3. The highest BCUT2D eigenvalue weighted by atomic mass is 16.5. The average molecular weight is 395 g/mol. The van der Waals surface area contributed by atoms with Gasteiger partial charge in [-0.05, 0) is 36.4 Å². The molecule has 8 nitrogen and oxygen atoms in total. The molecule has 2 aliphatic rings. The van der Waals surface area contributed by atoms with Crippen molar-refractivity contribution >= 4 is 29.1 Å². The average Bonchev–Trinajstić information content (AvgIpc) is 2.99. The molecular formula is C21H21N3O5. The molecule has 0 aromatic heterocycles. The maximum absolute atomic E-state index is 12.5. The lowest BCUT2D eigenvalue weighted by atomic mass is 10.1. The molecule has 150 valence electrons. The molecule has 4 rings (SSSR count). The van der Waals surface area contributed by atoms with E-state index in [1.165, 1.54) is 0 Å². The highest BCUT2D eigenvalue weighted by Crippen LogP contribution is 2.24. The van der Waals surface area contributed by atoms with Gasteiger partial charge in [0.25, 0.3) is 17.7 Å². The first-order valence-corrected chi connectivity index (χ1v) is 9.39. The van der Waals surface area contributed by atoms with Crippen molar-refractivity contribution in [1.29, 1.82) is 0 Å². The van der Waals surface area contributed by atoms with Crippen molar-refractivity contribution in [3.63, 3.8) is 0 Å². The van der Waals surface area contributed by atoms with Gasteiger partial charge in [-0.25, -0.2) is 0 Å². The number of hydrogen-bond acceptors (Lipinski definition) is 6. The molecule has 2 heterocycles. The number of benzene rings is 2. The van der Waals surface area contributed by atoms with Crippen molar-refractivity contribution in [2.75, 3.05) is 43.1 Å². The molecular weight excluding hydrogens is 374 g/mol. The summed E-state index contributed by atoms with van der Waals surface area (Å²) in [6, 6.07) is 13.4. The molecule has 0 spiro atoms. The molecule has 1 fully saturated rings. The second kappa shape index (κ2) is 8.02. The third-order valence-electron chi connectivity index (χ3n) is 5.04. The number of amides is 3. The number of carbonyl (C=O) groups excluding carboxylic acids is 3. The zero-order valence-corrected chi connectivity index (χ0v) is 15.7. The van der Waals surface area contributed by atoms with Gasteiger partial charge in [-0.3, -0.25) is 19.3 Å². The first-order chi connectivity index (χ1) is 14.1. The number of fused-ring (bicyclic) bond motifs is 1. The number of aliphatic hydroxyl groups excluding tert-OH is 1. The summed E-state index contributed by atoms with van der Waals surface area (Å²) in [7, 11) is 0. The van der Waals surface area contributed by atoms with Crippen molar-refractivity contribution < 1.29 is 24.2 Å². The quantitative estimate of drug-likeness (QED) is 0.711. The van der Waals surface area contributed by atoms with Crippen molar-refractivity contribution in [2.45, 2.75) is 6.04 Å². The fourth-order valence-corrected chi connectivity index (χ4v) is 3.54. The van der Waals surface area contributed by atoms with Gasteiger partial charge in [-0.2, -0.15) is 0 Å². The van der Waals surface area contributed by atoms with Crippen LogP contribution in [0.15, 0.2) is 48.5 Å². The van der Waals surface area contributed by atoms with Gasteiger partial charge in [-0.1, -0.05) is 12.1 Å². The topological polar surface area (TPSA) is 99.2 Å². The number of ether oxygens (including phenoxy) is 1. The van der Waals surface area contributed by atoms with Crippen LogP contribution in [0.4, 0.5) is 11.4 Å². The second-order valence-electron chi connectivity index (χ2n) is 6.94. The van der Waals surface area contributed by atoms with Gasteiger partial charge in [0.1, 0.15) is 6.61 Å². The predicted octanol–water partition coefficient (Wildman–Crippen LogP) is 1.12. The molecule has 2 aliphatic heterocycles. The van der Waals surface area contributed by atoms with Crippen LogP contribution in [-0.4, -0.2) is 66.7 Å². The fourth-order valence-electron chi connectivity index (χ4n) is 3.54. The Morgan fingerprint density at radius 2 is 1.66 bits per heavy atom. The van der Waals surface area contributed by atoms with Crippen LogP contribution in [0.3, 0.4) is 0 Å². The van der Waals surface area contributed by atoms with E-state index >= 15 is 0 Å². The Labute approximate surface area is 167 Å². The molecule has 1 atom stereocenters. The summed E-state index contributed by atoms with van der Waals surface area (Å²) in [6.07, 6.45) is 0. The molecule has 0 aliphatic carbocycles. The Balaban J connectivity index is 1.43. The van der Waals surface area contributed by atoms with E-state index in [1.54, 1.807) is 41.3 Å². The van der Waals surface area contributed by atoms with E-state index in [0.29, 0.717) is 30.0 Å². The summed E-state index contributed by atoms with van der Waals surface area (Å²) in [5.41, 5.74) is 2.25. The summed E-state index contributed by atoms with van der Waals surface area (Å²) >= 11 is 0. The lowest BCUT2D eigenvalue weighted by Crippen LogP contribution is -2.42. The predicted molar refractivity (Wildman–Crippen MR) is 106 cm³/mol. The third kappa shape index (κ3) is 3.72. The number of nitrogens with zero attached hydrogens (tertiary/aromatic N) is 2. The largest absolute Gasteiger partial charge is 0.394 e. The van der Waals surface area contributed by atoms with Crippen molar-refractivity contribution in [3.05, 3.63) is 59.7 Å². The summed E-state index contributed by atoms with van der Waals surface area (Å²) in [4.78, 5) is 39.8. The zero-order chi connectivity index (χ0) is 20.4. The molecule has 2 N–H and O–H groups in total. The lowest BCUT2D eigenvalue weighted by Gasteiger charge is -2.27. The molecule has 1 saturated heterocycles. The smallest absolute Gasteiger partial charge is 0.261 e. The fraction of sp³-hybridized carbons (Fsp3) is 0.286. The first kappa shape index (κ1) is 19.1. The highest BCUT2D eigenvalue weighted by molar-refractivity contribution is 6.21. The molecule has 29 heavy (non-hydrogen) atoms. The number of anilines is 2. The lowest BCUT2D eigenvalue weighted by molar-refractivity contribution is -0.125. The molecule has 0 radical (unpaired) electrons. The minimum atomic E-state index is -0.520. The second-order valence-corrected chi connectivity index (χ2v) is 6.94. The zero-order valence-electron chi connectivity index (χ0n) is 15.7. The third-order valence-corrected chi connectivity index (χ3v) is 5.04. The van der Waals surface area contributed by atoms with Crippen LogP contribution in [0.2, 0.25) is 0 Å². The molecule has 0 bridgehead atoms. The van der Waals surface area contributed by atoms with Crippen LogP contribution in [0.25, 0.3) is 0 Å². The summed E-state index contributed by atoms with van der Waals surface area (Å²) < 4.78 is 5.14. The normalized spacial score (nSPS) is 17.5. The van der Waals surface area contributed by atoms with Crippen LogP contribution in [0.1, 0.15) is 20.7 Å². The Bertz CT molecular complexity index is 909. The molecule has 0 unspecified atom stereocenters. The van der Waals surface area contributed by atoms with E-state index in [2.05, 4.69) is 5.32 Å². The van der Waals surface area contributed by atoms with Gasteiger partial charge in [0.05, 0.1) is 36.9 Å². The van der Waals surface area contributed by atoms with E-state index in [0.717, 1.165) is 10.6 Å². The van der Waals surface area contributed by atoms with E-state index in [-0.39, 0.29) is 37.5 Å². The molecule has 2 aromatic rings. The van der Waals surface area contributed by atoms with Gasteiger partial charge in [-0.15, -0.1) is 0 Å². The number of hydrogen-bond donors (Lipinski definition) is 2. The number of rotatable bonds is 6. The Kier molecular flexibility index (Phi) is 5.28. The summed E-state index contributed by atoms with van der Waals surface area (Å²) in [5.74, 6) is -0.796. The summed E-state index contributed by atoms with van der Waals surface area (Å²) in [6.45, 7) is 0.875. The molecule has 2 aromatic carbocycles. The van der Waals surface area contributed by atoms with Crippen LogP contribution < -0.4 is 10.2 Å². The molecule has 8 heteroatoms. The Hall–Kier alpha value is -3.23. The molecule has 0 saturated carbocycles.